The highest BCUT2D eigenvalue weighted by Gasteiger charge is 2.37. The summed E-state index contributed by atoms with van der Waals surface area (Å²) in [4.78, 5) is 19.8. The highest BCUT2D eigenvalue weighted by atomic mass is 32.2. The van der Waals surface area contributed by atoms with Crippen LogP contribution < -0.4 is 10.4 Å². The topological polar surface area (TPSA) is 77.4 Å². The first kappa shape index (κ1) is 16.0. The quantitative estimate of drug-likeness (QED) is 0.840. The molecule has 0 radical (unpaired) electrons. The number of rotatable bonds is 5. The second-order valence-corrected chi connectivity index (χ2v) is 13.0. The van der Waals surface area contributed by atoms with E-state index in [1.54, 1.807) is 24.2 Å². The number of nitrogens with one attached hydrogen (secondary N) is 1. The fourth-order valence-electron chi connectivity index (χ4n) is 2.11. The standard InChI is InChI=1S/C14H21N3O2SSi/c1-21(2,3)8-6-14(17-13(18)19)10-20-12(16-14)11-5-4-7-15-9-11/h4-5,7,9,17H,6,8,10H2,1-3H3,(H,18,19)/p-1. The van der Waals surface area contributed by atoms with Crippen LogP contribution in [0.1, 0.15) is 12.0 Å². The van der Waals surface area contributed by atoms with Crippen LogP contribution in [0.25, 0.3) is 0 Å². The predicted molar refractivity (Wildman–Crippen MR) is 87.3 cm³/mol. The zero-order chi connectivity index (χ0) is 15.5. The lowest BCUT2D eigenvalue weighted by Gasteiger charge is -2.30. The molecule has 5 nitrogen and oxygen atoms in total. The summed E-state index contributed by atoms with van der Waals surface area (Å²) in [5.41, 5.74) is 0.173. The van der Waals surface area contributed by atoms with Gasteiger partial charge in [0, 0.05) is 31.8 Å². The molecule has 2 rings (SSSR count). The Balaban J connectivity index is 2.22. The molecule has 1 aromatic heterocycles. The van der Waals surface area contributed by atoms with E-state index < -0.39 is 19.8 Å². The molecular weight excluding hydrogens is 302 g/mol. The summed E-state index contributed by atoms with van der Waals surface area (Å²) in [5, 5.41) is 14.4. The average Bonchev–Trinajstić information content (AvgIpc) is 2.81. The maximum atomic E-state index is 11.0. The number of hydrogen-bond acceptors (Lipinski definition) is 5. The second-order valence-electron chi connectivity index (χ2n) is 6.45. The molecule has 0 bridgehead atoms. The van der Waals surface area contributed by atoms with Crippen molar-refractivity contribution in [1.82, 2.24) is 10.3 Å². The van der Waals surface area contributed by atoms with Crippen molar-refractivity contribution in [1.29, 1.82) is 0 Å². The molecule has 21 heavy (non-hydrogen) atoms. The third-order valence-electron chi connectivity index (χ3n) is 3.30. The number of carbonyl (C=O) groups excluding carboxylic acids is 1. The van der Waals surface area contributed by atoms with Gasteiger partial charge < -0.3 is 15.2 Å². The minimum absolute atomic E-state index is 0.607. The van der Waals surface area contributed by atoms with Crippen molar-refractivity contribution >= 4 is 31.0 Å². The first-order valence-corrected chi connectivity index (χ1v) is 11.6. The van der Waals surface area contributed by atoms with Gasteiger partial charge in [-0.05, 0) is 18.6 Å². The summed E-state index contributed by atoms with van der Waals surface area (Å²) in [5.74, 6) is 0.607. The molecule has 1 aliphatic rings. The average molecular weight is 322 g/mol. The van der Waals surface area contributed by atoms with Gasteiger partial charge >= 0.3 is 0 Å². The van der Waals surface area contributed by atoms with Gasteiger partial charge in [0.05, 0.1) is 0 Å². The van der Waals surface area contributed by atoms with Crippen molar-refractivity contribution < 1.29 is 9.90 Å². The van der Waals surface area contributed by atoms with Gasteiger partial charge in [0.2, 0.25) is 0 Å². The number of amides is 1. The zero-order valence-corrected chi connectivity index (χ0v) is 14.4. The Morgan fingerprint density at radius 3 is 2.86 bits per heavy atom. The summed E-state index contributed by atoms with van der Waals surface area (Å²) >= 11 is 1.57. The fraction of sp³-hybridized carbons (Fsp3) is 0.500. The van der Waals surface area contributed by atoms with E-state index in [1.807, 2.05) is 12.1 Å². The lowest BCUT2D eigenvalue weighted by molar-refractivity contribution is -0.252. The Kier molecular flexibility index (Phi) is 4.73. The maximum Gasteiger partial charge on any atom is 0.141 e. The number of nitrogens with zero attached hydrogens (tertiary/aromatic N) is 2. The van der Waals surface area contributed by atoms with Crippen LogP contribution >= 0.6 is 11.8 Å². The Morgan fingerprint density at radius 2 is 2.29 bits per heavy atom. The Labute approximate surface area is 130 Å². The number of carboxylic acid groups (broad SMARTS) is 1. The minimum Gasteiger partial charge on any atom is -0.530 e. The molecular formula is C14H20N3O2SSi-. The first-order chi connectivity index (χ1) is 9.80. The molecule has 1 aliphatic heterocycles. The van der Waals surface area contributed by atoms with Crippen molar-refractivity contribution in [2.75, 3.05) is 5.75 Å². The van der Waals surface area contributed by atoms with E-state index in [4.69, 9.17) is 0 Å². The highest BCUT2D eigenvalue weighted by Crippen LogP contribution is 2.34. The van der Waals surface area contributed by atoms with Gasteiger partial charge in [-0.15, -0.1) is 11.8 Å². The largest absolute Gasteiger partial charge is 0.530 e. The molecule has 0 aliphatic carbocycles. The second kappa shape index (κ2) is 6.19. The Morgan fingerprint density at radius 1 is 1.52 bits per heavy atom. The van der Waals surface area contributed by atoms with Crippen molar-refractivity contribution in [2.45, 2.75) is 37.8 Å². The molecule has 1 N–H and O–H groups in total. The number of thioether (sulfide) groups is 1. The third kappa shape index (κ3) is 4.57. The van der Waals surface area contributed by atoms with Crippen molar-refractivity contribution in [3.63, 3.8) is 0 Å². The molecule has 0 saturated heterocycles. The van der Waals surface area contributed by atoms with Crippen LogP contribution in [0.15, 0.2) is 29.5 Å². The Bertz CT molecular complexity index is 545. The summed E-state index contributed by atoms with van der Waals surface area (Å²) in [6.45, 7) is 6.81. The Hall–Kier alpha value is -1.34. The van der Waals surface area contributed by atoms with Crippen LogP contribution in [-0.2, 0) is 0 Å². The fourth-order valence-corrected chi connectivity index (χ4v) is 4.46. The van der Waals surface area contributed by atoms with Crippen molar-refractivity contribution in [3.8, 4) is 0 Å². The van der Waals surface area contributed by atoms with Crippen LogP contribution in [-0.4, -0.2) is 35.6 Å². The predicted octanol–water partition coefficient (Wildman–Crippen LogP) is 1.93. The van der Waals surface area contributed by atoms with E-state index >= 15 is 0 Å². The molecule has 1 aromatic rings. The van der Waals surface area contributed by atoms with Gasteiger partial charge in [-0.1, -0.05) is 25.7 Å². The summed E-state index contributed by atoms with van der Waals surface area (Å²) in [6, 6.07) is 4.80. The molecule has 2 heterocycles. The lowest BCUT2D eigenvalue weighted by Crippen LogP contribution is -2.53. The molecule has 0 saturated carbocycles. The van der Waals surface area contributed by atoms with Gasteiger partial charge in [0.1, 0.15) is 16.8 Å². The van der Waals surface area contributed by atoms with Crippen LogP contribution in [0.2, 0.25) is 25.7 Å². The monoisotopic (exact) mass is 322 g/mol. The van der Waals surface area contributed by atoms with Crippen LogP contribution in [0, 0.1) is 0 Å². The molecule has 7 heteroatoms. The van der Waals surface area contributed by atoms with Gasteiger partial charge in [-0.25, -0.2) is 4.99 Å². The molecule has 0 aromatic carbocycles. The molecule has 1 atom stereocenters. The normalized spacial score (nSPS) is 22.0. The third-order valence-corrected chi connectivity index (χ3v) is 6.27. The van der Waals surface area contributed by atoms with E-state index in [0.29, 0.717) is 12.2 Å². The van der Waals surface area contributed by atoms with E-state index in [-0.39, 0.29) is 0 Å². The molecule has 1 unspecified atom stereocenters. The maximum absolute atomic E-state index is 11.0. The van der Waals surface area contributed by atoms with Gasteiger partial charge in [-0.3, -0.25) is 4.98 Å². The zero-order valence-electron chi connectivity index (χ0n) is 12.5. The summed E-state index contributed by atoms with van der Waals surface area (Å²) in [7, 11) is -1.27. The lowest BCUT2D eigenvalue weighted by atomic mass is 10.1. The molecule has 1 amide bonds. The smallest absolute Gasteiger partial charge is 0.141 e. The van der Waals surface area contributed by atoms with E-state index in [9.17, 15) is 9.90 Å². The minimum atomic E-state index is -1.27. The first-order valence-electron chi connectivity index (χ1n) is 6.92. The number of carbonyl (C=O) groups is 1. The number of aromatic nitrogens is 1. The number of aliphatic imine (C=N–C) groups is 1. The number of hydrogen-bond donors (Lipinski definition) is 1. The summed E-state index contributed by atoms with van der Waals surface area (Å²) in [6.07, 6.45) is 2.91. The van der Waals surface area contributed by atoms with Crippen molar-refractivity contribution in [2.24, 2.45) is 4.99 Å². The molecule has 114 valence electrons. The van der Waals surface area contributed by atoms with E-state index in [0.717, 1.165) is 16.7 Å². The van der Waals surface area contributed by atoms with E-state index in [1.165, 1.54) is 0 Å². The highest BCUT2D eigenvalue weighted by molar-refractivity contribution is 8.14. The van der Waals surface area contributed by atoms with Crippen LogP contribution in [0.3, 0.4) is 0 Å². The van der Waals surface area contributed by atoms with Crippen LogP contribution in [0.5, 0.6) is 0 Å². The van der Waals surface area contributed by atoms with E-state index in [2.05, 4.69) is 34.9 Å². The van der Waals surface area contributed by atoms with Crippen molar-refractivity contribution in [3.05, 3.63) is 30.1 Å². The van der Waals surface area contributed by atoms with Gasteiger partial charge in [0.25, 0.3) is 0 Å². The molecule has 0 fully saturated rings. The van der Waals surface area contributed by atoms with Crippen LogP contribution in [0.4, 0.5) is 4.79 Å². The van der Waals surface area contributed by atoms with Gasteiger partial charge in [0.15, 0.2) is 0 Å². The SMILES string of the molecule is C[Si](C)(C)CCC1(NC(=O)[O-])CSC(c2cccnc2)=N1. The molecule has 0 spiro atoms. The summed E-state index contributed by atoms with van der Waals surface area (Å²) < 4.78 is 0. The number of pyridine rings is 1. The van der Waals surface area contributed by atoms with Gasteiger partial charge in [-0.2, -0.15) is 0 Å².